The van der Waals surface area contributed by atoms with Crippen molar-refractivity contribution in [3.05, 3.63) is 30.1 Å². The van der Waals surface area contributed by atoms with Crippen molar-refractivity contribution in [3.8, 4) is 0 Å². The first kappa shape index (κ1) is 18.3. The van der Waals surface area contributed by atoms with Crippen LogP contribution in [0.25, 0.3) is 0 Å². The zero-order chi connectivity index (χ0) is 18.2. The predicted octanol–water partition coefficient (Wildman–Crippen LogP) is 2.48. The van der Waals surface area contributed by atoms with Gasteiger partial charge in [0.1, 0.15) is 10.7 Å². The highest BCUT2D eigenvalue weighted by atomic mass is 32.2. The smallest absolute Gasteiger partial charge is 0.245 e. The van der Waals surface area contributed by atoms with Crippen molar-refractivity contribution in [2.75, 3.05) is 20.1 Å². The van der Waals surface area contributed by atoms with Gasteiger partial charge in [-0.15, -0.1) is 0 Å². The maximum Gasteiger partial charge on any atom is 0.245 e. The molecule has 1 heterocycles. The van der Waals surface area contributed by atoms with Crippen LogP contribution in [0.15, 0.2) is 29.2 Å². The van der Waals surface area contributed by atoms with Gasteiger partial charge in [-0.05, 0) is 43.2 Å². The summed E-state index contributed by atoms with van der Waals surface area (Å²) in [5, 5.41) is 0. The molecular weight excluding hydrogens is 343 g/mol. The minimum atomic E-state index is -3.81. The van der Waals surface area contributed by atoms with E-state index >= 15 is 0 Å². The molecule has 1 aliphatic carbocycles. The van der Waals surface area contributed by atoms with Gasteiger partial charge in [0.05, 0.1) is 0 Å². The fraction of sp³-hybridized carbons (Fsp3) is 0.611. The average molecular weight is 368 g/mol. The van der Waals surface area contributed by atoms with Crippen LogP contribution in [0, 0.1) is 17.7 Å². The summed E-state index contributed by atoms with van der Waals surface area (Å²) < 4.78 is 40.9. The first-order valence-electron chi connectivity index (χ1n) is 8.85. The Morgan fingerprint density at radius 2 is 1.96 bits per heavy atom. The number of amides is 1. The van der Waals surface area contributed by atoms with Crippen LogP contribution in [0.5, 0.6) is 0 Å². The Morgan fingerprint density at radius 1 is 1.28 bits per heavy atom. The number of sulfonamides is 1. The molecule has 1 aliphatic heterocycles. The molecule has 138 valence electrons. The number of hydrogen-bond acceptors (Lipinski definition) is 3. The molecule has 3 rings (SSSR count). The molecule has 0 radical (unpaired) electrons. The van der Waals surface area contributed by atoms with Gasteiger partial charge in [0.25, 0.3) is 0 Å². The molecule has 1 saturated heterocycles. The Kier molecular flexibility index (Phi) is 5.16. The van der Waals surface area contributed by atoms with Crippen LogP contribution in [0.2, 0.25) is 0 Å². The fourth-order valence-electron chi connectivity index (χ4n) is 4.20. The maximum atomic E-state index is 14.0. The lowest BCUT2D eigenvalue weighted by Crippen LogP contribution is -2.42. The SMILES string of the molecule is CCC(=O)N(C)[C@H]1C[C@H]2CCN(S(=O)(=O)c3ccccc3F)C[C@H]2C1. The van der Waals surface area contributed by atoms with Crippen molar-refractivity contribution in [2.24, 2.45) is 11.8 Å². The summed E-state index contributed by atoms with van der Waals surface area (Å²) in [6.07, 6.45) is 3.00. The molecule has 0 spiro atoms. The largest absolute Gasteiger partial charge is 0.343 e. The van der Waals surface area contributed by atoms with E-state index in [1.165, 1.54) is 22.5 Å². The van der Waals surface area contributed by atoms with Crippen molar-refractivity contribution in [2.45, 2.75) is 43.5 Å². The van der Waals surface area contributed by atoms with Crippen LogP contribution >= 0.6 is 0 Å². The molecule has 1 saturated carbocycles. The summed E-state index contributed by atoms with van der Waals surface area (Å²) in [7, 11) is -1.98. The maximum absolute atomic E-state index is 14.0. The van der Waals surface area contributed by atoms with Gasteiger partial charge < -0.3 is 4.90 Å². The fourth-order valence-corrected chi connectivity index (χ4v) is 5.78. The molecule has 3 atom stereocenters. The molecule has 0 bridgehead atoms. The highest BCUT2D eigenvalue weighted by molar-refractivity contribution is 7.89. The van der Waals surface area contributed by atoms with E-state index in [-0.39, 0.29) is 22.8 Å². The molecule has 2 aliphatic rings. The van der Waals surface area contributed by atoms with Crippen LogP contribution < -0.4 is 0 Å². The van der Waals surface area contributed by atoms with Crippen LogP contribution in [0.4, 0.5) is 4.39 Å². The molecule has 2 fully saturated rings. The van der Waals surface area contributed by atoms with Gasteiger partial charge in [-0.1, -0.05) is 19.1 Å². The highest BCUT2D eigenvalue weighted by Gasteiger charge is 2.43. The van der Waals surface area contributed by atoms with Crippen LogP contribution in [0.3, 0.4) is 0 Å². The Morgan fingerprint density at radius 3 is 2.64 bits per heavy atom. The van der Waals surface area contributed by atoms with Gasteiger partial charge in [-0.25, -0.2) is 12.8 Å². The molecule has 0 aromatic heterocycles. The second-order valence-corrected chi connectivity index (χ2v) is 8.99. The van der Waals surface area contributed by atoms with Crippen LogP contribution in [-0.2, 0) is 14.8 Å². The molecule has 1 amide bonds. The zero-order valence-corrected chi connectivity index (χ0v) is 15.5. The first-order chi connectivity index (χ1) is 11.8. The van der Waals surface area contributed by atoms with Crippen molar-refractivity contribution in [1.82, 2.24) is 9.21 Å². The third-order valence-electron chi connectivity index (χ3n) is 5.70. The van der Waals surface area contributed by atoms with Crippen molar-refractivity contribution >= 4 is 15.9 Å². The lowest BCUT2D eigenvalue weighted by molar-refractivity contribution is -0.131. The standard InChI is InChI=1S/C18H25FN2O3S/c1-3-18(22)20(2)15-10-13-8-9-21(12-14(13)11-15)25(23,24)17-7-5-4-6-16(17)19/h4-7,13-15H,3,8-12H2,1-2H3/t13-,14-,15+/m1/s1. The number of halogens is 1. The topological polar surface area (TPSA) is 57.7 Å². The number of nitrogens with zero attached hydrogens (tertiary/aromatic N) is 2. The minimum absolute atomic E-state index is 0.125. The third-order valence-corrected chi connectivity index (χ3v) is 7.60. The predicted molar refractivity (Wildman–Crippen MR) is 92.8 cm³/mol. The van der Waals surface area contributed by atoms with E-state index < -0.39 is 15.8 Å². The Balaban J connectivity index is 1.73. The lowest BCUT2D eigenvalue weighted by Gasteiger charge is -2.34. The van der Waals surface area contributed by atoms with Crippen molar-refractivity contribution in [3.63, 3.8) is 0 Å². The molecule has 5 nitrogen and oxygen atoms in total. The van der Waals surface area contributed by atoms with E-state index in [9.17, 15) is 17.6 Å². The number of fused-ring (bicyclic) bond motifs is 1. The van der Waals surface area contributed by atoms with E-state index in [1.807, 2.05) is 18.9 Å². The Hall–Kier alpha value is -1.47. The minimum Gasteiger partial charge on any atom is -0.343 e. The number of carbonyl (C=O) groups is 1. The quantitative estimate of drug-likeness (QED) is 0.820. The molecule has 1 aromatic carbocycles. The van der Waals surface area contributed by atoms with Gasteiger partial charge in [-0.3, -0.25) is 4.79 Å². The van der Waals surface area contributed by atoms with E-state index in [0.717, 1.165) is 19.3 Å². The number of benzene rings is 1. The summed E-state index contributed by atoms with van der Waals surface area (Å²) in [5.41, 5.74) is 0. The third kappa shape index (κ3) is 3.44. The normalized spacial score (nSPS) is 27.1. The van der Waals surface area contributed by atoms with E-state index in [4.69, 9.17) is 0 Å². The average Bonchev–Trinajstić information content (AvgIpc) is 3.03. The molecule has 0 unspecified atom stereocenters. The number of carbonyl (C=O) groups excluding carboxylic acids is 1. The van der Waals surface area contributed by atoms with Gasteiger partial charge in [0.2, 0.25) is 15.9 Å². The van der Waals surface area contributed by atoms with Gasteiger partial charge in [0, 0.05) is 32.6 Å². The monoisotopic (exact) mass is 368 g/mol. The zero-order valence-electron chi connectivity index (χ0n) is 14.7. The summed E-state index contributed by atoms with van der Waals surface area (Å²) in [6, 6.07) is 5.71. The van der Waals surface area contributed by atoms with Gasteiger partial charge in [-0.2, -0.15) is 4.31 Å². The van der Waals surface area contributed by atoms with E-state index in [0.29, 0.717) is 25.4 Å². The lowest BCUT2D eigenvalue weighted by atomic mass is 9.90. The summed E-state index contributed by atoms with van der Waals surface area (Å²) in [5.74, 6) is 0.0817. The van der Waals surface area contributed by atoms with E-state index in [2.05, 4.69) is 0 Å². The van der Waals surface area contributed by atoms with Gasteiger partial charge in [0.15, 0.2) is 0 Å². The van der Waals surface area contributed by atoms with Crippen LogP contribution in [0.1, 0.15) is 32.6 Å². The van der Waals surface area contributed by atoms with E-state index in [1.54, 1.807) is 6.07 Å². The highest BCUT2D eigenvalue weighted by Crippen LogP contribution is 2.41. The van der Waals surface area contributed by atoms with Crippen molar-refractivity contribution in [1.29, 1.82) is 0 Å². The summed E-state index contributed by atoms with van der Waals surface area (Å²) >= 11 is 0. The molecule has 0 N–H and O–H groups in total. The second-order valence-electron chi connectivity index (χ2n) is 7.09. The molecule has 1 aromatic rings. The van der Waals surface area contributed by atoms with Crippen molar-refractivity contribution < 1.29 is 17.6 Å². The Labute approximate surface area is 148 Å². The summed E-state index contributed by atoms with van der Waals surface area (Å²) in [4.78, 5) is 13.5. The molecular formula is C18H25FN2O3S. The number of rotatable bonds is 4. The van der Waals surface area contributed by atoms with Crippen LogP contribution in [-0.4, -0.2) is 49.7 Å². The number of piperidine rings is 1. The Bertz CT molecular complexity index is 752. The molecule has 7 heteroatoms. The summed E-state index contributed by atoms with van der Waals surface area (Å²) in [6.45, 7) is 2.67. The molecule has 25 heavy (non-hydrogen) atoms. The second kappa shape index (κ2) is 7.03. The number of hydrogen-bond donors (Lipinski definition) is 0. The van der Waals surface area contributed by atoms with Gasteiger partial charge >= 0.3 is 0 Å². The first-order valence-corrected chi connectivity index (χ1v) is 10.3.